The van der Waals surface area contributed by atoms with Crippen molar-refractivity contribution >= 4 is 45.0 Å². The topological polar surface area (TPSA) is 113 Å². The number of phenols is 1. The first-order chi connectivity index (χ1) is 13.7. The molecule has 0 fully saturated rings. The number of carbonyl (C=O) groups excluding carboxylic acids is 4. The Hall–Kier alpha value is -3.00. The lowest BCUT2D eigenvalue weighted by Gasteiger charge is -2.13. The molecule has 0 bridgehead atoms. The van der Waals surface area contributed by atoms with E-state index in [-0.39, 0.29) is 35.8 Å². The molecule has 0 saturated heterocycles. The van der Waals surface area contributed by atoms with Crippen molar-refractivity contribution in [3.05, 3.63) is 58.1 Å². The van der Waals surface area contributed by atoms with Gasteiger partial charge in [-0.05, 0) is 44.2 Å². The van der Waals surface area contributed by atoms with E-state index in [1.165, 1.54) is 25.1 Å². The molecule has 0 radical (unpaired) electrons. The van der Waals surface area contributed by atoms with Crippen LogP contribution in [0, 0.1) is 0 Å². The number of benzene rings is 2. The van der Waals surface area contributed by atoms with Crippen LogP contribution >= 0.6 is 15.9 Å². The van der Waals surface area contributed by atoms with Gasteiger partial charge in [0.15, 0.2) is 11.6 Å². The summed E-state index contributed by atoms with van der Waals surface area (Å²) in [6.07, 6.45) is -0.272. The van der Waals surface area contributed by atoms with Crippen LogP contribution in [-0.4, -0.2) is 34.5 Å². The van der Waals surface area contributed by atoms with Gasteiger partial charge in [0.2, 0.25) is 11.8 Å². The maximum atomic E-state index is 12.3. The van der Waals surface area contributed by atoms with E-state index >= 15 is 0 Å². The quantitative estimate of drug-likeness (QED) is 0.412. The summed E-state index contributed by atoms with van der Waals surface area (Å²) in [7, 11) is 0. The third-order valence-electron chi connectivity index (χ3n) is 4.16. The van der Waals surface area contributed by atoms with Crippen LogP contribution in [0.5, 0.6) is 5.75 Å². The lowest BCUT2D eigenvalue weighted by molar-refractivity contribution is -0.124. The summed E-state index contributed by atoms with van der Waals surface area (Å²) in [5.74, 6) is -1.56. The molecular formula is C21H21BrN2O5. The van der Waals surface area contributed by atoms with Crippen LogP contribution in [0.15, 0.2) is 46.9 Å². The van der Waals surface area contributed by atoms with Gasteiger partial charge in [0.05, 0.1) is 11.7 Å². The number of amides is 2. The van der Waals surface area contributed by atoms with Gasteiger partial charge in [-0.3, -0.25) is 19.2 Å². The molecule has 2 amide bonds. The summed E-state index contributed by atoms with van der Waals surface area (Å²) < 4.78 is 0.844. The normalized spacial score (nSPS) is 11.4. The zero-order valence-corrected chi connectivity index (χ0v) is 17.6. The van der Waals surface area contributed by atoms with E-state index in [0.29, 0.717) is 11.1 Å². The number of phenolic OH excluding ortho intramolecular Hbond substituents is 1. The van der Waals surface area contributed by atoms with Crippen molar-refractivity contribution in [2.75, 3.05) is 5.32 Å². The fraction of sp³-hybridized carbons (Fsp3) is 0.238. The Kier molecular flexibility index (Phi) is 7.67. The molecule has 0 aliphatic carbocycles. The van der Waals surface area contributed by atoms with Gasteiger partial charge in [0.1, 0.15) is 5.75 Å². The van der Waals surface area contributed by atoms with Crippen molar-refractivity contribution in [2.45, 2.75) is 32.7 Å². The van der Waals surface area contributed by atoms with E-state index in [0.717, 1.165) is 4.47 Å². The standard InChI is InChI=1S/C21H21BrN2O5/c1-12(21(29)14-3-6-16(22)7-4-14)23-19(27)9-10-20(28)24-17-11-15(13(2)25)5-8-18(17)26/h3-8,11-12,26H,9-10H2,1-2H3,(H,23,27)(H,24,28). The summed E-state index contributed by atoms with van der Waals surface area (Å²) in [5.41, 5.74) is 0.914. The van der Waals surface area contributed by atoms with Gasteiger partial charge >= 0.3 is 0 Å². The third-order valence-corrected chi connectivity index (χ3v) is 4.68. The Bertz CT molecular complexity index is 941. The molecule has 2 rings (SSSR count). The Morgan fingerprint density at radius 3 is 2.17 bits per heavy atom. The molecule has 0 spiro atoms. The number of hydrogen-bond donors (Lipinski definition) is 3. The molecule has 3 N–H and O–H groups in total. The number of aromatic hydroxyl groups is 1. The number of hydrogen-bond acceptors (Lipinski definition) is 5. The number of rotatable bonds is 8. The second kappa shape index (κ2) is 9.97. The summed E-state index contributed by atoms with van der Waals surface area (Å²) in [5, 5.41) is 14.9. The van der Waals surface area contributed by atoms with Gasteiger partial charge < -0.3 is 15.7 Å². The van der Waals surface area contributed by atoms with Crippen LogP contribution in [0.4, 0.5) is 5.69 Å². The Labute approximate surface area is 176 Å². The van der Waals surface area contributed by atoms with Crippen molar-refractivity contribution in [2.24, 2.45) is 0 Å². The zero-order chi connectivity index (χ0) is 21.6. The number of halogens is 1. The molecule has 0 saturated carbocycles. The number of nitrogens with one attached hydrogen (secondary N) is 2. The molecule has 8 heteroatoms. The minimum Gasteiger partial charge on any atom is -0.506 e. The van der Waals surface area contributed by atoms with Crippen LogP contribution in [-0.2, 0) is 9.59 Å². The molecule has 2 aromatic carbocycles. The third kappa shape index (κ3) is 6.53. The highest BCUT2D eigenvalue weighted by Crippen LogP contribution is 2.24. The van der Waals surface area contributed by atoms with Crippen molar-refractivity contribution in [1.82, 2.24) is 5.32 Å². The smallest absolute Gasteiger partial charge is 0.224 e. The molecule has 0 heterocycles. The molecular weight excluding hydrogens is 440 g/mol. The fourth-order valence-corrected chi connectivity index (χ4v) is 2.80. The Morgan fingerprint density at radius 2 is 1.55 bits per heavy atom. The highest BCUT2D eigenvalue weighted by molar-refractivity contribution is 9.10. The lowest BCUT2D eigenvalue weighted by atomic mass is 10.1. The summed E-state index contributed by atoms with van der Waals surface area (Å²) in [6, 6.07) is 10.2. The van der Waals surface area contributed by atoms with Gasteiger partial charge in [0.25, 0.3) is 0 Å². The van der Waals surface area contributed by atoms with E-state index in [2.05, 4.69) is 26.6 Å². The zero-order valence-electron chi connectivity index (χ0n) is 16.0. The number of Topliss-reactive ketones (excluding diaryl/α,β-unsaturated/α-hetero) is 2. The second-order valence-electron chi connectivity index (χ2n) is 6.50. The summed E-state index contributed by atoms with van der Waals surface area (Å²) in [4.78, 5) is 47.9. The van der Waals surface area contributed by atoms with Gasteiger partial charge in [-0.25, -0.2) is 0 Å². The molecule has 29 heavy (non-hydrogen) atoms. The maximum absolute atomic E-state index is 12.3. The van der Waals surface area contributed by atoms with Crippen molar-refractivity contribution < 1.29 is 24.3 Å². The minimum atomic E-state index is -0.733. The van der Waals surface area contributed by atoms with Crippen molar-refractivity contribution in [3.63, 3.8) is 0 Å². The monoisotopic (exact) mass is 460 g/mol. The lowest BCUT2D eigenvalue weighted by Crippen LogP contribution is -2.38. The van der Waals surface area contributed by atoms with Crippen LogP contribution in [0.3, 0.4) is 0 Å². The number of ketones is 2. The first kappa shape index (κ1) is 22.3. The van der Waals surface area contributed by atoms with Crippen LogP contribution in [0.25, 0.3) is 0 Å². The van der Waals surface area contributed by atoms with E-state index in [1.54, 1.807) is 31.2 Å². The number of anilines is 1. The molecule has 0 aliphatic heterocycles. The average molecular weight is 461 g/mol. The van der Waals surface area contributed by atoms with Crippen LogP contribution < -0.4 is 10.6 Å². The SMILES string of the molecule is CC(=O)c1ccc(O)c(NC(=O)CCC(=O)NC(C)C(=O)c2ccc(Br)cc2)c1. The highest BCUT2D eigenvalue weighted by Gasteiger charge is 2.18. The summed E-state index contributed by atoms with van der Waals surface area (Å²) in [6.45, 7) is 2.95. The molecule has 7 nitrogen and oxygen atoms in total. The molecule has 152 valence electrons. The van der Waals surface area contributed by atoms with E-state index < -0.39 is 17.9 Å². The van der Waals surface area contributed by atoms with Crippen molar-refractivity contribution in [1.29, 1.82) is 0 Å². The summed E-state index contributed by atoms with van der Waals surface area (Å²) >= 11 is 3.29. The molecule has 0 aliphatic rings. The molecule has 1 unspecified atom stereocenters. The van der Waals surface area contributed by atoms with Gasteiger partial charge in [-0.2, -0.15) is 0 Å². The first-order valence-electron chi connectivity index (χ1n) is 8.90. The van der Waals surface area contributed by atoms with E-state index in [1.807, 2.05) is 0 Å². The predicted molar refractivity (Wildman–Crippen MR) is 112 cm³/mol. The van der Waals surface area contributed by atoms with E-state index in [4.69, 9.17) is 0 Å². The van der Waals surface area contributed by atoms with E-state index in [9.17, 15) is 24.3 Å². The highest BCUT2D eigenvalue weighted by atomic mass is 79.9. The first-order valence-corrected chi connectivity index (χ1v) is 9.69. The molecule has 1 atom stereocenters. The fourth-order valence-electron chi connectivity index (χ4n) is 2.54. The van der Waals surface area contributed by atoms with Crippen LogP contribution in [0.1, 0.15) is 47.4 Å². The average Bonchev–Trinajstić information content (AvgIpc) is 2.68. The predicted octanol–water partition coefficient (Wildman–Crippen LogP) is 3.46. The Balaban J connectivity index is 1.86. The van der Waals surface area contributed by atoms with Crippen molar-refractivity contribution in [3.8, 4) is 5.75 Å². The maximum Gasteiger partial charge on any atom is 0.224 e. The number of carbonyl (C=O) groups is 4. The largest absolute Gasteiger partial charge is 0.506 e. The molecule has 2 aromatic rings. The van der Waals surface area contributed by atoms with Gasteiger partial charge in [0, 0.05) is 28.4 Å². The van der Waals surface area contributed by atoms with Gasteiger partial charge in [-0.15, -0.1) is 0 Å². The Morgan fingerprint density at radius 1 is 0.966 bits per heavy atom. The molecule has 0 aromatic heterocycles. The second-order valence-corrected chi connectivity index (χ2v) is 7.41. The minimum absolute atomic E-state index is 0.0990. The van der Waals surface area contributed by atoms with Crippen LogP contribution in [0.2, 0.25) is 0 Å². The van der Waals surface area contributed by atoms with Gasteiger partial charge in [-0.1, -0.05) is 28.1 Å².